The molecule has 18 heavy (non-hydrogen) atoms. The van der Waals surface area contributed by atoms with Gasteiger partial charge in [-0.2, -0.15) is 0 Å². The molecule has 4 N–H and O–H groups in total. The third-order valence-corrected chi connectivity index (χ3v) is 2.95. The van der Waals surface area contributed by atoms with Gasteiger partial charge < -0.3 is 29.3 Å². The Morgan fingerprint density at radius 3 is 2.72 bits per heavy atom. The van der Waals surface area contributed by atoms with E-state index in [1.54, 1.807) is 0 Å². The zero-order valence-electron chi connectivity index (χ0n) is 9.41. The van der Waals surface area contributed by atoms with Crippen LogP contribution in [0.3, 0.4) is 0 Å². The van der Waals surface area contributed by atoms with Gasteiger partial charge in [0, 0.05) is 6.54 Å². The molecular formula is C9H12N2O6S. The van der Waals surface area contributed by atoms with E-state index in [1.807, 2.05) is 0 Å². The zero-order valence-corrected chi connectivity index (χ0v) is 10.2. The monoisotopic (exact) mass is 276 g/mol. The van der Waals surface area contributed by atoms with E-state index in [-0.39, 0.29) is 29.5 Å². The molecule has 2 rings (SSSR count). The van der Waals surface area contributed by atoms with Gasteiger partial charge in [-0.3, -0.25) is 0 Å². The fourth-order valence-electron chi connectivity index (χ4n) is 1.44. The molecule has 0 fully saturated rings. The summed E-state index contributed by atoms with van der Waals surface area (Å²) in [6, 6.07) is 2.97. The summed E-state index contributed by atoms with van der Waals surface area (Å²) in [5, 5.41) is 12.0. The molecule has 0 aromatic heterocycles. The molecule has 0 amide bonds. The number of fused-ring (bicyclic) bond motifs is 1. The minimum Gasteiger partial charge on any atom is -0.493 e. The lowest BCUT2D eigenvalue weighted by Gasteiger charge is -2.13. The number of hydrogen-bond acceptors (Lipinski definition) is 8. The summed E-state index contributed by atoms with van der Waals surface area (Å²) in [6.07, 6.45) is -1.03. The molecule has 0 saturated carbocycles. The number of anilines is 1. The van der Waals surface area contributed by atoms with Crippen molar-refractivity contribution >= 4 is 16.1 Å². The topological polar surface area (TPSA) is 120 Å². The molecule has 1 unspecified atom stereocenters. The number of nitrogens with one attached hydrogen (secondary N) is 1. The maximum atomic E-state index is 11.2. The van der Waals surface area contributed by atoms with Gasteiger partial charge in [-0.05, 0) is 12.1 Å². The van der Waals surface area contributed by atoms with Gasteiger partial charge >= 0.3 is 10.4 Å². The molecule has 0 spiro atoms. The lowest BCUT2D eigenvalue weighted by Crippen LogP contribution is -2.28. The highest BCUT2D eigenvalue weighted by molar-refractivity contribution is 7.82. The molecule has 0 aliphatic carbocycles. The highest BCUT2D eigenvalue weighted by Crippen LogP contribution is 2.48. The van der Waals surface area contributed by atoms with E-state index >= 15 is 0 Å². The SMILES string of the molecule is COc1ccc(NC(O)CN)c2c1OS(=O)(=O)O2. The van der Waals surface area contributed by atoms with E-state index in [0.717, 1.165) is 0 Å². The summed E-state index contributed by atoms with van der Waals surface area (Å²) in [6.45, 7) is -0.0472. The molecular weight excluding hydrogens is 264 g/mol. The van der Waals surface area contributed by atoms with Crippen LogP contribution in [-0.4, -0.2) is 33.4 Å². The van der Waals surface area contributed by atoms with Crippen molar-refractivity contribution < 1.29 is 26.6 Å². The molecule has 1 aromatic rings. The second-order valence-corrected chi connectivity index (χ2v) is 4.59. The first-order valence-electron chi connectivity index (χ1n) is 4.96. The van der Waals surface area contributed by atoms with Crippen molar-refractivity contribution in [1.82, 2.24) is 0 Å². The number of ether oxygens (including phenoxy) is 1. The quantitative estimate of drug-likeness (QED) is 0.623. The van der Waals surface area contributed by atoms with Gasteiger partial charge in [0.05, 0.1) is 12.8 Å². The summed E-state index contributed by atoms with van der Waals surface area (Å²) in [5.41, 5.74) is 5.49. The van der Waals surface area contributed by atoms with E-state index in [1.165, 1.54) is 19.2 Å². The Kier molecular flexibility index (Phi) is 3.20. The molecule has 0 saturated heterocycles. The smallest absolute Gasteiger partial charge is 0.493 e. The first kappa shape index (κ1) is 12.7. The lowest BCUT2D eigenvalue weighted by molar-refractivity contribution is 0.211. The average molecular weight is 276 g/mol. The van der Waals surface area contributed by atoms with Crippen LogP contribution in [0.2, 0.25) is 0 Å². The van der Waals surface area contributed by atoms with Crippen LogP contribution in [-0.2, 0) is 10.4 Å². The lowest BCUT2D eigenvalue weighted by atomic mass is 10.2. The highest BCUT2D eigenvalue weighted by atomic mass is 32.3. The molecule has 1 heterocycles. The Morgan fingerprint density at radius 2 is 2.11 bits per heavy atom. The summed E-state index contributed by atoms with van der Waals surface area (Å²) >= 11 is 0. The summed E-state index contributed by atoms with van der Waals surface area (Å²) in [7, 11) is -2.77. The van der Waals surface area contributed by atoms with Gasteiger partial charge in [-0.25, -0.2) is 0 Å². The molecule has 1 aliphatic heterocycles. The summed E-state index contributed by atoms with van der Waals surface area (Å²) in [4.78, 5) is 0. The Balaban J connectivity index is 2.44. The van der Waals surface area contributed by atoms with Crippen LogP contribution in [0.4, 0.5) is 5.69 Å². The Bertz CT molecular complexity index is 558. The second-order valence-electron chi connectivity index (χ2n) is 3.44. The average Bonchev–Trinajstić information content (AvgIpc) is 2.65. The van der Waals surface area contributed by atoms with Gasteiger partial charge in [0.2, 0.25) is 11.5 Å². The highest BCUT2D eigenvalue weighted by Gasteiger charge is 2.34. The third-order valence-electron chi connectivity index (χ3n) is 2.21. The molecule has 0 radical (unpaired) electrons. The van der Waals surface area contributed by atoms with E-state index in [0.29, 0.717) is 0 Å². The molecule has 1 aromatic carbocycles. The molecule has 100 valence electrons. The minimum atomic E-state index is -4.14. The number of methoxy groups -OCH3 is 1. The first-order chi connectivity index (χ1) is 8.46. The first-order valence-corrected chi connectivity index (χ1v) is 6.29. The number of rotatable bonds is 4. The molecule has 8 nitrogen and oxygen atoms in total. The van der Waals surface area contributed by atoms with Crippen LogP contribution in [0.15, 0.2) is 12.1 Å². The summed E-state index contributed by atoms with van der Waals surface area (Å²) in [5.74, 6) is 0.0763. The van der Waals surface area contributed by atoms with Gasteiger partial charge in [0.1, 0.15) is 6.23 Å². The van der Waals surface area contributed by atoms with E-state index in [9.17, 15) is 13.5 Å². The third kappa shape index (κ3) is 2.28. The van der Waals surface area contributed by atoms with Crippen molar-refractivity contribution in [2.45, 2.75) is 6.23 Å². The van der Waals surface area contributed by atoms with Crippen molar-refractivity contribution in [2.75, 3.05) is 19.0 Å². The molecule has 0 bridgehead atoms. The fraction of sp³-hybridized carbons (Fsp3) is 0.333. The normalized spacial score (nSPS) is 17.3. The summed E-state index contributed by atoms with van der Waals surface area (Å²) < 4.78 is 36.8. The zero-order chi connectivity index (χ0) is 13.3. The van der Waals surface area contributed by atoms with E-state index < -0.39 is 16.6 Å². The molecule has 1 aliphatic rings. The maximum Gasteiger partial charge on any atom is 0.501 e. The van der Waals surface area contributed by atoms with Crippen LogP contribution in [0.5, 0.6) is 17.2 Å². The van der Waals surface area contributed by atoms with Gasteiger partial charge in [0.25, 0.3) is 0 Å². The number of hydrogen-bond donors (Lipinski definition) is 3. The number of nitrogens with two attached hydrogens (primary N) is 1. The van der Waals surface area contributed by atoms with Gasteiger partial charge in [0.15, 0.2) is 5.75 Å². The van der Waals surface area contributed by atoms with Crippen LogP contribution >= 0.6 is 0 Å². The van der Waals surface area contributed by atoms with Crippen molar-refractivity contribution in [2.24, 2.45) is 5.73 Å². The Hall–Kier alpha value is -1.71. The van der Waals surface area contributed by atoms with Crippen molar-refractivity contribution in [3.63, 3.8) is 0 Å². The minimum absolute atomic E-state index is 0.0472. The molecule has 1 atom stereocenters. The van der Waals surface area contributed by atoms with Crippen molar-refractivity contribution in [3.8, 4) is 17.2 Å². The van der Waals surface area contributed by atoms with Gasteiger partial charge in [-0.15, -0.1) is 8.42 Å². The van der Waals surface area contributed by atoms with E-state index in [4.69, 9.17) is 10.5 Å². The fourth-order valence-corrected chi connectivity index (χ4v) is 2.21. The van der Waals surface area contributed by atoms with Crippen molar-refractivity contribution in [1.29, 1.82) is 0 Å². The number of aliphatic hydroxyl groups is 1. The van der Waals surface area contributed by atoms with Crippen LogP contribution in [0, 0.1) is 0 Å². The second kappa shape index (κ2) is 4.52. The van der Waals surface area contributed by atoms with Crippen LogP contribution in [0.1, 0.15) is 0 Å². The van der Waals surface area contributed by atoms with Gasteiger partial charge in [-0.1, -0.05) is 0 Å². The van der Waals surface area contributed by atoms with Crippen LogP contribution < -0.4 is 24.2 Å². The number of aliphatic hydroxyl groups excluding tert-OH is 1. The standard InChI is InChI=1S/C9H12N2O6S/c1-15-6-3-2-5(11-7(12)4-10)8-9(6)17-18(13,14)16-8/h2-3,7,11-12H,4,10H2,1H3. The Labute approximate surface area is 104 Å². The van der Waals surface area contributed by atoms with Crippen LogP contribution in [0.25, 0.3) is 0 Å². The number of benzene rings is 1. The van der Waals surface area contributed by atoms with Crippen molar-refractivity contribution in [3.05, 3.63) is 12.1 Å². The Morgan fingerprint density at radius 1 is 1.44 bits per heavy atom. The predicted molar refractivity (Wildman–Crippen MR) is 61.9 cm³/mol. The van der Waals surface area contributed by atoms with E-state index in [2.05, 4.69) is 13.7 Å². The molecule has 9 heteroatoms. The maximum absolute atomic E-state index is 11.2. The predicted octanol–water partition coefficient (Wildman–Crippen LogP) is -0.600. The largest absolute Gasteiger partial charge is 0.501 e.